The summed E-state index contributed by atoms with van der Waals surface area (Å²) in [5, 5.41) is 0. The van der Waals surface area contributed by atoms with Crippen LogP contribution in [0.4, 0.5) is 4.39 Å². The fraction of sp³-hybridized carbons (Fsp3) is 0.154. The zero-order valence-electron chi connectivity index (χ0n) is 9.68. The minimum absolute atomic E-state index is 0.319. The summed E-state index contributed by atoms with van der Waals surface area (Å²) in [7, 11) is 1.66. The molecule has 0 amide bonds. The number of allylic oxidation sites excluding steroid dienone is 2. The minimum Gasteiger partial charge on any atom is -0.294 e. The smallest absolute Gasteiger partial charge is 0.163 e. The Labute approximate surface area is 99.1 Å². The molecule has 86 valence electrons. The van der Waals surface area contributed by atoms with Crippen molar-refractivity contribution < 1.29 is 4.39 Å². The summed E-state index contributed by atoms with van der Waals surface area (Å²) in [6.45, 7) is 1.86. The van der Waals surface area contributed by atoms with E-state index in [-0.39, 0.29) is 5.82 Å². The van der Waals surface area contributed by atoms with E-state index < -0.39 is 0 Å². The van der Waals surface area contributed by atoms with Gasteiger partial charge in [-0.05, 0) is 19.1 Å². The first-order chi connectivity index (χ1) is 8.26. The molecule has 0 unspecified atom stereocenters. The Kier molecular flexibility index (Phi) is 3.23. The second-order valence-electron chi connectivity index (χ2n) is 3.47. The summed E-state index contributed by atoms with van der Waals surface area (Å²) in [6, 6.07) is 6.46. The van der Waals surface area contributed by atoms with Crippen LogP contribution in [-0.4, -0.2) is 24.8 Å². The van der Waals surface area contributed by atoms with Crippen LogP contribution < -0.4 is 0 Å². The number of amidine groups is 1. The molecule has 0 aromatic heterocycles. The Hall–Kier alpha value is -2.10. The van der Waals surface area contributed by atoms with Crippen molar-refractivity contribution in [3.63, 3.8) is 0 Å². The molecule has 1 aromatic rings. The molecule has 0 radical (unpaired) electrons. The highest BCUT2D eigenvalue weighted by Crippen LogP contribution is 2.17. The van der Waals surface area contributed by atoms with Crippen molar-refractivity contribution in [3.05, 3.63) is 47.4 Å². The molecule has 4 heteroatoms. The maximum Gasteiger partial charge on any atom is 0.163 e. The summed E-state index contributed by atoms with van der Waals surface area (Å²) < 4.78 is 13.6. The monoisotopic (exact) mass is 229 g/mol. The van der Waals surface area contributed by atoms with Crippen LogP contribution in [0, 0.1) is 5.82 Å². The maximum atomic E-state index is 13.6. The summed E-state index contributed by atoms with van der Waals surface area (Å²) in [4.78, 5) is 12.5. The Bertz CT molecular complexity index is 554. The number of halogens is 1. The van der Waals surface area contributed by atoms with E-state index in [1.807, 2.05) is 13.0 Å². The Balaban J connectivity index is 2.46. The predicted molar refractivity (Wildman–Crippen MR) is 68.5 cm³/mol. The van der Waals surface area contributed by atoms with Gasteiger partial charge in [-0.25, -0.2) is 14.4 Å². The number of benzene rings is 1. The van der Waals surface area contributed by atoms with Crippen LogP contribution in [0.2, 0.25) is 0 Å². The van der Waals surface area contributed by atoms with Gasteiger partial charge in [0, 0.05) is 13.3 Å². The molecule has 0 saturated carbocycles. The SMILES string of the molecule is C/C=C1/N=C(c2ccccc2F)N=C1C=NC. The fourth-order valence-electron chi connectivity index (χ4n) is 1.56. The Morgan fingerprint density at radius 3 is 2.65 bits per heavy atom. The van der Waals surface area contributed by atoms with Crippen molar-refractivity contribution in [2.75, 3.05) is 7.05 Å². The lowest BCUT2D eigenvalue weighted by Crippen LogP contribution is -2.00. The van der Waals surface area contributed by atoms with E-state index >= 15 is 0 Å². The van der Waals surface area contributed by atoms with E-state index in [1.54, 1.807) is 31.5 Å². The third-order valence-electron chi connectivity index (χ3n) is 2.35. The van der Waals surface area contributed by atoms with E-state index in [0.29, 0.717) is 22.8 Å². The lowest BCUT2D eigenvalue weighted by atomic mass is 10.2. The van der Waals surface area contributed by atoms with E-state index in [9.17, 15) is 4.39 Å². The molecule has 0 spiro atoms. The summed E-state index contributed by atoms with van der Waals surface area (Å²) >= 11 is 0. The van der Waals surface area contributed by atoms with Crippen LogP contribution >= 0.6 is 0 Å². The molecule has 0 atom stereocenters. The van der Waals surface area contributed by atoms with Gasteiger partial charge in [0.25, 0.3) is 0 Å². The average Bonchev–Trinajstić information content (AvgIpc) is 2.73. The minimum atomic E-state index is -0.319. The summed E-state index contributed by atoms with van der Waals surface area (Å²) in [5.74, 6) is 0.0752. The topological polar surface area (TPSA) is 37.1 Å². The van der Waals surface area contributed by atoms with Crippen molar-refractivity contribution in [2.45, 2.75) is 6.92 Å². The van der Waals surface area contributed by atoms with Crippen LogP contribution in [-0.2, 0) is 0 Å². The molecule has 0 N–H and O–H groups in total. The maximum absolute atomic E-state index is 13.6. The number of aliphatic imine (C=N–C) groups is 3. The van der Waals surface area contributed by atoms with Gasteiger partial charge >= 0.3 is 0 Å². The quantitative estimate of drug-likeness (QED) is 0.699. The molecule has 0 saturated heterocycles. The van der Waals surface area contributed by atoms with Crippen molar-refractivity contribution >= 4 is 17.8 Å². The Morgan fingerprint density at radius 2 is 2.00 bits per heavy atom. The van der Waals surface area contributed by atoms with E-state index in [1.165, 1.54) is 6.07 Å². The van der Waals surface area contributed by atoms with Crippen molar-refractivity contribution in [2.24, 2.45) is 15.0 Å². The molecule has 3 nitrogen and oxygen atoms in total. The summed E-state index contributed by atoms with van der Waals surface area (Å²) in [6.07, 6.45) is 3.45. The van der Waals surface area contributed by atoms with Crippen molar-refractivity contribution in [1.29, 1.82) is 0 Å². The molecule has 1 heterocycles. The number of nitrogens with zero attached hydrogens (tertiary/aromatic N) is 3. The third-order valence-corrected chi connectivity index (χ3v) is 2.35. The van der Waals surface area contributed by atoms with Gasteiger partial charge in [0.1, 0.15) is 11.5 Å². The van der Waals surface area contributed by atoms with E-state index in [0.717, 1.165) is 0 Å². The average molecular weight is 229 g/mol. The summed E-state index contributed by atoms with van der Waals surface area (Å²) in [5.41, 5.74) is 1.79. The highest BCUT2D eigenvalue weighted by Gasteiger charge is 2.17. The number of rotatable bonds is 2. The molecular weight excluding hydrogens is 217 g/mol. The van der Waals surface area contributed by atoms with E-state index in [4.69, 9.17) is 0 Å². The largest absolute Gasteiger partial charge is 0.294 e. The van der Waals surface area contributed by atoms with Gasteiger partial charge in [-0.15, -0.1) is 0 Å². The second kappa shape index (κ2) is 4.82. The fourth-order valence-corrected chi connectivity index (χ4v) is 1.56. The lowest BCUT2D eigenvalue weighted by molar-refractivity contribution is 0.625. The predicted octanol–water partition coefficient (Wildman–Crippen LogP) is 2.63. The first kappa shape index (κ1) is 11.4. The van der Waals surface area contributed by atoms with Gasteiger partial charge in [-0.1, -0.05) is 18.2 Å². The second-order valence-corrected chi connectivity index (χ2v) is 3.47. The third kappa shape index (κ3) is 2.20. The van der Waals surface area contributed by atoms with Gasteiger partial charge < -0.3 is 0 Å². The lowest BCUT2D eigenvalue weighted by Gasteiger charge is -1.97. The first-order valence-corrected chi connectivity index (χ1v) is 5.27. The van der Waals surface area contributed by atoms with Crippen LogP contribution in [0.25, 0.3) is 0 Å². The van der Waals surface area contributed by atoms with E-state index in [2.05, 4.69) is 15.0 Å². The number of hydrogen-bond acceptors (Lipinski definition) is 3. The molecule has 0 aliphatic carbocycles. The van der Waals surface area contributed by atoms with Crippen LogP contribution in [0.3, 0.4) is 0 Å². The van der Waals surface area contributed by atoms with Crippen molar-refractivity contribution in [1.82, 2.24) is 0 Å². The van der Waals surface area contributed by atoms with Crippen LogP contribution in [0.15, 0.2) is 51.0 Å². The van der Waals surface area contributed by atoms with Gasteiger partial charge in [0.15, 0.2) is 5.84 Å². The molecule has 0 bridgehead atoms. The van der Waals surface area contributed by atoms with Crippen LogP contribution in [0.5, 0.6) is 0 Å². The Morgan fingerprint density at radius 1 is 1.24 bits per heavy atom. The molecule has 2 rings (SSSR count). The van der Waals surface area contributed by atoms with Gasteiger partial charge in [-0.3, -0.25) is 4.99 Å². The molecule has 0 fully saturated rings. The van der Waals surface area contributed by atoms with Crippen molar-refractivity contribution in [3.8, 4) is 0 Å². The standard InChI is InChI=1S/C13H12FN3/c1-3-11-12(8-15-2)17-13(16-11)9-6-4-5-7-10(9)14/h3-8H,1-2H3/b11-3+,15-8?. The molecule has 17 heavy (non-hydrogen) atoms. The van der Waals surface area contributed by atoms with Gasteiger partial charge in [0.2, 0.25) is 0 Å². The number of hydrogen-bond donors (Lipinski definition) is 0. The zero-order chi connectivity index (χ0) is 12.3. The van der Waals surface area contributed by atoms with Gasteiger partial charge in [-0.2, -0.15) is 0 Å². The normalized spacial score (nSPS) is 17.7. The molecule has 1 aliphatic heterocycles. The molecular formula is C13H12FN3. The molecule has 1 aromatic carbocycles. The highest BCUT2D eigenvalue weighted by molar-refractivity contribution is 6.42. The molecule has 1 aliphatic rings. The van der Waals surface area contributed by atoms with Crippen LogP contribution in [0.1, 0.15) is 12.5 Å². The highest BCUT2D eigenvalue weighted by atomic mass is 19.1. The first-order valence-electron chi connectivity index (χ1n) is 5.27. The zero-order valence-corrected chi connectivity index (χ0v) is 9.68. The van der Waals surface area contributed by atoms with Gasteiger partial charge in [0.05, 0.1) is 11.3 Å².